The predicted molar refractivity (Wildman–Crippen MR) is 91.2 cm³/mol. The Bertz CT molecular complexity index is 539. The van der Waals surface area contributed by atoms with Gasteiger partial charge < -0.3 is 9.64 Å². The van der Waals surface area contributed by atoms with E-state index in [2.05, 4.69) is 6.92 Å². The number of nitrogens with zero attached hydrogens (tertiary/aromatic N) is 1. The Morgan fingerprint density at radius 2 is 1.77 bits per heavy atom. The topological polar surface area (TPSA) is 46.6 Å². The first kappa shape index (κ1) is 21.0. The van der Waals surface area contributed by atoms with Crippen LogP contribution in [0.5, 0.6) is 0 Å². The number of esters is 1. The van der Waals surface area contributed by atoms with Crippen molar-refractivity contribution in [3.63, 3.8) is 0 Å². The molecule has 0 N–H and O–H groups in total. The first-order chi connectivity index (χ1) is 11.8. The molecule has 4 nitrogen and oxygen atoms in total. The summed E-state index contributed by atoms with van der Waals surface area (Å²) in [6, 6.07) is -0.491. The lowest BCUT2D eigenvalue weighted by molar-refractivity contribution is -0.178. The molecule has 0 radical (unpaired) electrons. The molecule has 0 aromatic rings. The smallest absolute Gasteiger partial charge is 0.397 e. The van der Waals surface area contributed by atoms with E-state index >= 15 is 0 Å². The van der Waals surface area contributed by atoms with E-state index in [-0.39, 0.29) is 11.8 Å². The molecule has 150 valence electrons. The van der Waals surface area contributed by atoms with E-state index in [0.717, 1.165) is 19.3 Å². The number of carbonyl (C=O) groups is 2. The summed E-state index contributed by atoms with van der Waals surface area (Å²) in [6.07, 6.45) is -3.98. The first-order valence-corrected chi connectivity index (χ1v) is 9.35. The van der Waals surface area contributed by atoms with Crippen LogP contribution in [-0.2, 0) is 14.3 Å². The number of halogens is 3. The zero-order valence-electron chi connectivity index (χ0n) is 16.2. The highest BCUT2D eigenvalue weighted by atomic mass is 19.4. The molecule has 1 saturated heterocycles. The summed E-state index contributed by atoms with van der Waals surface area (Å²) in [5, 5.41) is 0. The lowest BCUT2D eigenvalue weighted by Crippen LogP contribution is -2.59. The Hall–Kier alpha value is -1.27. The molecule has 1 amide bonds. The summed E-state index contributed by atoms with van der Waals surface area (Å²) < 4.78 is 43.9. The van der Waals surface area contributed by atoms with Crippen LogP contribution in [-0.4, -0.2) is 41.6 Å². The Morgan fingerprint density at radius 3 is 2.31 bits per heavy atom. The third kappa shape index (κ3) is 5.13. The molecular formula is C19H30F3NO3. The van der Waals surface area contributed by atoms with E-state index in [1.54, 1.807) is 27.7 Å². The van der Waals surface area contributed by atoms with E-state index in [1.165, 1.54) is 4.90 Å². The lowest BCUT2D eigenvalue weighted by atomic mass is 9.68. The van der Waals surface area contributed by atoms with Crippen LogP contribution in [0, 0.1) is 23.2 Å². The normalized spacial score (nSPS) is 30.7. The Balaban J connectivity index is 2.23. The van der Waals surface area contributed by atoms with Gasteiger partial charge in [-0.25, -0.2) is 0 Å². The van der Waals surface area contributed by atoms with E-state index in [0.29, 0.717) is 12.5 Å². The molecule has 4 unspecified atom stereocenters. The summed E-state index contributed by atoms with van der Waals surface area (Å²) in [6.45, 7) is 9.34. The molecule has 2 rings (SSSR count). The molecule has 1 aliphatic carbocycles. The largest absolute Gasteiger partial charge is 0.460 e. The Morgan fingerprint density at radius 1 is 1.15 bits per heavy atom. The van der Waals surface area contributed by atoms with Crippen molar-refractivity contribution in [2.24, 2.45) is 23.2 Å². The van der Waals surface area contributed by atoms with Crippen LogP contribution in [0.4, 0.5) is 13.2 Å². The number of likely N-dealkylation sites (tertiary alicyclic amines) is 1. The highest BCUT2D eigenvalue weighted by Crippen LogP contribution is 2.43. The standard InChI is InChI=1S/C19H30F3NO3/c1-11-6-13-8-14(7-11)16(12(2)26-17(25)18(3,4)5)23(10-13)15(24)9-19(20,21)22/h11-14,16H,6-10H2,1-5H3/t11?,12-,13?,14?,16?/m0/s1. The Kier molecular flexibility index (Phi) is 5.98. The minimum Gasteiger partial charge on any atom is -0.460 e. The van der Waals surface area contributed by atoms with Crippen molar-refractivity contribution in [1.29, 1.82) is 0 Å². The van der Waals surface area contributed by atoms with E-state index in [1.807, 2.05) is 0 Å². The molecule has 2 aliphatic rings. The number of ether oxygens (including phenoxy) is 1. The molecule has 2 fully saturated rings. The van der Waals surface area contributed by atoms with Crippen LogP contribution in [0.3, 0.4) is 0 Å². The fourth-order valence-corrected chi connectivity index (χ4v) is 4.48. The molecule has 7 heteroatoms. The van der Waals surface area contributed by atoms with Crippen molar-refractivity contribution in [2.75, 3.05) is 6.54 Å². The van der Waals surface area contributed by atoms with Gasteiger partial charge in [0.1, 0.15) is 12.5 Å². The van der Waals surface area contributed by atoms with Gasteiger partial charge in [0, 0.05) is 6.54 Å². The number of carbonyl (C=O) groups excluding carboxylic acids is 2. The highest BCUT2D eigenvalue weighted by molar-refractivity contribution is 5.78. The number of piperidine rings is 1. The van der Waals surface area contributed by atoms with Gasteiger partial charge in [0.15, 0.2) is 0 Å². The van der Waals surface area contributed by atoms with Gasteiger partial charge in [-0.1, -0.05) is 6.92 Å². The second-order valence-electron chi connectivity index (χ2n) is 9.13. The van der Waals surface area contributed by atoms with Crippen LogP contribution in [0.1, 0.15) is 60.3 Å². The summed E-state index contributed by atoms with van der Waals surface area (Å²) >= 11 is 0. The maximum absolute atomic E-state index is 12.8. The van der Waals surface area contributed by atoms with Crippen molar-refractivity contribution in [1.82, 2.24) is 4.90 Å². The predicted octanol–water partition coefficient (Wildman–Crippen LogP) is 4.18. The summed E-state index contributed by atoms with van der Waals surface area (Å²) in [5.41, 5.74) is -0.702. The summed E-state index contributed by atoms with van der Waals surface area (Å²) in [7, 11) is 0. The summed E-state index contributed by atoms with van der Waals surface area (Å²) in [5.74, 6) is -0.559. The SMILES string of the molecule is CC1CC2CC(C1)C([C@H](C)OC(=O)C(C)(C)C)N(C(=O)CC(F)(F)F)C2. The van der Waals surface area contributed by atoms with Gasteiger partial charge in [0.05, 0.1) is 11.5 Å². The molecule has 1 heterocycles. The maximum atomic E-state index is 12.8. The zero-order valence-corrected chi connectivity index (χ0v) is 16.2. The monoisotopic (exact) mass is 377 g/mol. The van der Waals surface area contributed by atoms with Crippen molar-refractivity contribution >= 4 is 11.9 Å². The van der Waals surface area contributed by atoms with Crippen LogP contribution in [0.15, 0.2) is 0 Å². The molecule has 2 bridgehead atoms. The van der Waals surface area contributed by atoms with Crippen molar-refractivity contribution in [2.45, 2.75) is 78.6 Å². The van der Waals surface area contributed by atoms with Crippen LogP contribution in [0.25, 0.3) is 0 Å². The van der Waals surface area contributed by atoms with Crippen LogP contribution >= 0.6 is 0 Å². The molecule has 26 heavy (non-hydrogen) atoms. The number of rotatable bonds is 3. The van der Waals surface area contributed by atoms with Crippen molar-refractivity contribution in [3.8, 4) is 0 Å². The zero-order chi connectivity index (χ0) is 19.9. The Labute approximate surface area is 153 Å². The molecule has 0 spiro atoms. The third-order valence-corrected chi connectivity index (χ3v) is 5.43. The van der Waals surface area contributed by atoms with E-state index in [9.17, 15) is 22.8 Å². The van der Waals surface area contributed by atoms with Gasteiger partial charge >= 0.3 is 12.1 Å². The lowest BCUT2D eigenvalue weighted by Gasteiger charge is -2.51. The van der Waals surface area contributed by atoms with E-state index in [4.69, 9.17) is 4.74 Å². The van der Waals surface area contributed by atoms with Gasteiger partial charge in [-0.2, -0.15) is 13.2 Å². The summed E-state index contributed by atoms with van der Waals surface area (Å²) in [4.78, 5) is 26.0. The second kappa shape index (κ2) is 7.39. The van der Waals surface area contributed by atoms with Gasteiger partial charge in [-0.05, 0) is 64.7 Å². The number of fused-ring (bicyclic) bond motifs is 2. The minimum atomic E-state index is -4.53. The van der Waals surface area contributed by atoms with Crippen LogP contribution < -0.4 is 0 Å². The van der Waals surface area contributed by atoms with Gasteiger partial charge in [0.2, 0.25) is 5.91 Å². The first-order valence-electron chi connectivity index (χ1n) is 9.35. The van der Waals surface area contributed by atoms with Crippen molar-refractivity contribution < 1.29 is 27.5 Å². The quantitative estimate of drug-likeness (QED) is 0.693. The number of amides is 1. The number of hydrogen-bond donors (Lipinski definition) is 0. The second-order valence-corrected chi connectivity index (χ2v) is 9.13. The third-order valence-electron chi connectivity index (χ3n) is 5.43. The molecule has 0 aromatic carbocycles. The average molecular weight is 377 g/mol. The van der Waals surface area contributed by atoms with Gasteiger partial charge in [0.25, 0.3) is 0 Å². The van der Waals surface area contributed by atoms with Crippen molar-refractivity contribution in [3.05, 3.63) is 0 Å². The molecule has 1 saturated carbocycles. The fraction of sp³-hybridized carbons (Fsp3) is 0.895. The van der Waals surface area contributed by atoms with Gasteiger partial charge in [-0.3, -0.25) is 9.59 Å². The molecule has 5 atom stereocenters. The highest BCUT2D eigenvalue weighted by Gasteiger charge is 2.47. The molecule has 1 aliphatic heterocycles. The maximum Gasteiger partial charge on any atom is 0.397 e. The van der Waals surface area contributed by atoms with Crippen LogP contribution in [0.2, 0.25) is 0 Å². The van der Waals surface area contributed by atoms with Gasteiger partial charge in [-0.15, -0.1) is 0 Å². The molecular weight excluding hydrogens is 347 g/mol. The number of hydrogen-bond acceptors (Lipinski definition) is 3. The van der Waals surface area contributed by atoms with E-state index < -0.39 is 42.0 Å². The average Bonchev–Trinajstić information content (AvgIpc) is 2.42. The molecule has 0 aromatic heterocycles. The fourth-order valence-electron chi connectivity index (χ4n) is 4.48. The number of alkyl halides is 3. The minimum absolute atomic E-state index is 0.0671.